The first-order valence-electron chi connectivity index (χ1n) is 7.37. The van der Waals surface area contributed by atoms with Gasteiger partial charge in [0.05, 0.1) is 5.56 Å². The summed E-state index contributed by atoms with van der Waals surface area (Å²) in [5.74, 6) is -1.49. The van der Waals surface area contributed by atoms with Crippen molar-refractivity contribution in [2.45, 2.75) is 0 Å². The second-order valence-electron chi connectivity index (χ2n) is 5.36. The molecule has 25 heavy (non-hydrogen) atoms. The summed E-state index contributed by atoms with van der Waals surface area (Å²) < 4.78 is 14.0. The van der Waals surface area contributed by atoms with E-state index in [1.54, 1.807) is 42.5 Å². The van der Waals surface area contributed by atoms with Crippen molar-refractivity contribution in [1.29, 1.82) is 5.26 Å². The van der Waals surface area contributed by atoms with Crippen LogP contribution < -0.4 is 11.5 Å². The van der Waals surface area contributed by atoms with Gasteiger partial charge in [-0.05, 0) is 34.5 Å². The fraction of sp³-hybridized carbons (Fsp3) is 0. The average molecular weight is 332 g/mol. The van der Waals surface area contributed by atoms with E-state index in [4.69, 9.17) is 11.5 Å². The maximum absolute atomic E-state index is 14.0. The van der Waals surface area contributed by atoms with E-state index in [1.165, 1.54) is 6.07 Å². The number of guanidine groups is 1. The Balaban J connectivity index is 2.27. The number of hydrogen-bond acceptors (Lipinski definition) is 2. The zero-order valence-corrected chi connectivity index (χ0v) is 13.0. The van der Waals surface area contributed by atoms with Crippen molar-refractivity contribution in [3.05, 3.63) is 71.5 Å². The molecule has 1 amide bonds. The molecule has 0 radical (unpaired) electrons. The molecule has 6 heteroatoms. The highest BCUT2D eigenvalue weighted by atomic mass is 19.1. The van der Waals surface area contributed by atoms with Crippen LogP contribution in [0.3, 0.4) is 0 Å². The normalized spacial score (nSPS) is 10.2. The van der Waals surface area contributed by atoms with Gasteiger partial charge in [0.1, 0.15) is 11.9 Å². The Morgan fingerprint density at radius 2 is 1.76 bits per heavy atom. The molecule has 0 spiro atoms. The highest BCUT2D eigenvalue weighted by Crippen LogP contribution is 2.32. The third-order valence-electron chi connectivity index (χ3n) is 3.78. The van der Waals surface area contributed by atoms with Gasteiger partial charge in [-0.3, -0.25) is 4.79 Å². The Labute approximate surface area is 143 Å². The van der Waals surface area contributed by atoms with E-state index in [2.05, 4.69) is 4.99 Å². The van der Waals surface area contributed by atoms with Crippen LogP contribution >= 0.6 is 0 Å². The maximum atomic E-state index is 14.0. The van der Waals surface area contributed by atoms with E-state index in [1.807, 2.05) is 12.1 Å². The number of halogens is 1. The summed E-state index contributed by atoms with van der Waals surface area (Å²) in [5, 5.41) is 10.8. The molecule has 3 aromatic rings. The third kappa shape index (κ3) is 3.03. The lowest BCUT2D eigenvalue weighted by Gasteiger charge is -2.10. The Hall–Kier alpha value is -3.72. The lowest BCUT2D eigenvalue weighted by molar-refractivity contribution is 0.100. The van der Waals surface area contributed by atoms with Crippen LogP contribution in [0, 0.1) is 17.1 Å². The number of aliphatic imine (C=N–C) groups is 1. The van der Waals surface area contributed by atoms with E-state index >= 15 is 0 Å². The lowest BCUT2D eigenvalue weighted by Crippen LogP contribution is -2.24. The molecule has 5 nitrogen and oxygen atoms in total. The summed E-state index contributed by atoms with van der Waals surface area (Å²) in [7, 11) is 0. The number of nitrogens with zero attached hydrogens (tertiary/aromatic N) is 2. The molecule has 0 unspecified atom stereocenters. The van der Waals surface area contributed by atoms with Crippen LogP contribution in [-0.2, 0) is 0 Å². The van der Waals surface area contributed by atoms with Gasteiger partial charge in [0, 0.05) is 11.1 Å². The molecule has 0 aliphatic carbocycles. The van der Waals surface area contributed by atoms with Crippen molar-refractivity contribution >= 4 is 22.6 Å². The third-order valence-corrected chi connectivity index (χ3v) is 3.78. The molecule has 0 bridgehead atoms. The average Bonchev–Trinajstić information content (AvgIpc) is 2.60. The Kier molecular flexibility index (Phi) is 4.14. The summed E-state index contributed by atoms with van der Waals surface area (Å²) in [5.41, 5.74) is 11.8. The minimum Gasteiger partial charge on any atom is -0.370 e. The Bertz CT molecular complexity index is 1060. The van der Waals surface area contributed by atoms with E-state index in [9.17, 15) is 14.4 Å². The predicted octanol–water partition coefficient (Wildman–Crippen LogP) is 2.93. The number of rotatable bonds is 2. The summed E-state index contributed by atoms with van der Waals surface area (Å²) in [6, 6.07) is 16.8. The van der Waals surface area contributed by atoms with E-state index in [0.717, 1.165) is 5.39 Å². The topological polar surface area (TPSA) is 105 Å². The number of nitriles is 1. The van der Waals surface area contributed by atoms with Gasteiger partial charge in [-0.1, -0.05) is 36.4 Å². The Morgan fingerprint density at radius 3 is 2.48 bits per heavy atom. The first kappa shape index (κ1) is 16.1. The van der Waals surface area contributed by atoms with Gasteiger partial charge in [-0.25, -0.2) is 4.39 Å². The Morgan fingerprint density at radius 1 is 1.04 bits per heavy atom. The molecule has 0 fully saturated rings. The molecule has 0 heterocycles. The molecular formula is C19H13FN4O. The summed E-state index contributed by atoms with van der Waals surface area (Å²) >= 11 is 0. The minimum absolute atomic E-state index is 0.0454. The van der Waals surface area contributed by atoms with Crippen LogP contribution in [0.2, 0.25) is 0 Å². The van der Waals surface area contributed by atoms with Gasteiger partial charge in [-0.2, -0.15) is 10.3 Å². The van der Waals surface area contributed by atoms with Crippen molar-refractivity contribution in [2.24, 2.45) is 16.5 Å². The highest BCUT2D eigenvalue weighted by molar-refractivity contribution is 6.06. The van der Waals surface area contributed by atoms with E-state index < -0.39 is 11.7 Å². The van der Waals surface area contributed by atoms with Gasteiger partial charge >= 0.3 is 0 Å². The second kappa shape index (κ2) is 6.42. The summed E-state index contributed by atoms with van der Waals surface area (Å²) in [6.45, 7) is 0. The van der Waals surface area contributed by atoms with Crippen LogP contribution in [0.25, 0.3) is 21.9 Å². The van der Waals surface area contributed by atoms with Gasteiger partial charge in [0.25, 0.3) is 5.91 Å². The molecule has 0 aliphatic heterocycles. The first-order chi connectivity index (χ1) is 12.0. The van der Waals surface area contributed by atoms with E-state index in [0.29, 0.717) is 22.1 Å². The standard InChI is InChI=1S/C19H13FN4O/c20-17-6-2-5-14(16(17)10-21)13-4-1-3-11-7-8-12(9-15(11)13)18(25)24-19(22)23/h1-9H,(H4,22,23,24,25). The van der Waals surface area contributed by atoms with Crippen molar-refractivity contribution in [1.82, 2.24) is 0 Å². The van der Waals surface area contributed by atoms with Crippen molar-refractivity contribution in [2.75, 3.05) is 0 Å². The monoisotopic (exact) mass is 332 g/mol. The molecule has 0 aliphatic rings. The van der Waals surface area contributed by atoms with Crippen LogP contribution in [0.1, 0.15) is 15.9 Å². The lowest BCUT2D eigenvalue weighted by atomic mass is 9.93. The van der Waals surface area contributed by atoms with Crippen LogP contribution in [0.5, 0.6) is 0 Å². The molecule has 0 saturated heterocycles. The summed E-state index contributed by atoms with van der Waals surface area (Å²) in [6.07, 6.45) is 0. The molecular weight excluding hydrogens is 319 g/mol. The van der Waals surface area contributed by atoms with Crippen molar-refractivity contribution in [3.8, 4) is 17.2 Å². The van der Waals surface area contributed by atoms with Crippen molar-refractivity contribution < 1.29 is 9.18 Å². The largest absolute Gasteiger partial charge is 0.370 e. The molecule has 0 saturated carbocycles. The van der Waals surface area contributed by atoms with Crippen molar-refractivity contribution in [3.63, 3.8) is 0 Å². The molecule has 3 aromatic carbocycles. The molecule has 0 aromatic heterocycles. The SMILES string of the molecule is N#Cc1c(F)cccc1-c1cccc2ccc(C(=O)N=C(N)N)cc12. The van der Waals surface area contributed by atoms with Crippen LogP contribution in [0.15, 0.2) is 59.6 Å². The van der Waals surface area contributed by atoms with Gasteiger partial charge in [-0.15, -0.1) is 0 Å². The molecule has 4 N–H and O–H groups in total. The quantitative estimate of drug-likeness (QED) is 0.556. The summed E-state index contributed by atoms with van der Waals surface area (Å²) in [4.78, 5) is 15.6. The van der Waals surface area contributed by atoms with E-state index in [-0.39, 0.29) is 11.5 Å². The number of carbonyl (C=O) groups is 1. The highest BCUT2D eigenvalue weighted by Gasteiger charge is 2.14. The van der Waals surface area contributed by atoms with Gasteiger partial charge < -0.3 is 11.5 Å². The smallest absolute Gasteiger partial charge is 0.280 e. The van der Waals surface area contributed by atoms with Gasteiger partial charge in [0.15, 0.2) is 5.96 Å². The zero-order chi connectivity index (χ0) is 18.0. The number of carbonyl (C=O) groups excluding carboxylic acids is 1. The number of amides is 1. The molecule has 3 rings (SSSR count). The first-order valence-corrected chi connectivity index (χ1v) is 7.37. The predicted molar refractivity (Wildman–Crippen MR) is 94.2 cm³/mol. The fourth-order valence-corrected chi connectivity index (χ4v) is 2.68. The number of benzene rings is 3. The number of fused-ring (bicyclic) bond motifs is 1. The molecule has 122 valence electrons. The van der Waals surface area contributed by atoms with Crippen LogP contribution in [-0.4, -0.2) is 11.9 Å². The second-order valence-corrected chi connectivity index (χ2v) is 5.36. The van der Waals surface area contributed by atoms with Gasteiger partial charge in [0.2, 0.25) is 0 Å². The number of nitrogens with two attached hydrogens (primary N) is 2. The maximum Gasteiger partial charge on any atom is 0.280 e. The fourth-order valence-electron chi connectivity index (χ4n) is 2.68. The minimum atomic E-state index is -0.593. The molecule has 0 atom stereocenters. The van der Waals surface area contributed by atoms with Crippen LogP contribution in [0.4, 0.5) is 4.39 Å². The number of hydrogen-bond donors (Lipinski definition) is 2. The zero-order valence-electron chi connectivity index (χ0n) is 13.0.